The molecule has 0 radical (unpaired) electrons. The lowest BCUT2D eigenvalue weighted by molar-refractivity contribution is -0.117. The molecule has 2 amide bonds. The number of rotatable bonds is 4. The number of carbonyl (C=O) groups excluding carboxylic acids is 2. The van der Waals surface area contributed by atoms with E-state index in [9.17, 15) is 18.4 Å². The molecule has 0 spiro atoms. The zero-order chi connectivity index (χ0) is 20.5. The smallest absolute Gasteiger partial charge is 0.412 e. The molecule has 0 heterocycles. The van der Waals surface area contributed by atoms with Crippen LogP contribution in [0.5, 0.6) is 0 Å². The zero-order valence-corrected chi connectivity index (χ0v) is 15.9. The van der Waals surface area contributed by atoms with Gasteiger partial charge in [0.15, 0.2) is 0 Å². The fourth-order valence-corrected chi connectivity index (χ4v) is 2.93. The van der Waals surface area contributed by atoms with Crippen molar-refractivity contribution in [3.8, 4) is 0 Å². The van der Waals surface area contributed by atoms with Gasteiger partial charge in [-0.15, -0.1) is 0 Å². The molecule has 2 aromatic rings. The van der Waals surface area contributed by atoms with Gasteiger partial charge in [0.25, 0.3) is 0 Å². The Balaban J connectivity index is 1.68. The Morgan fingerprint density at radius 3 is 2.25 bits per heavy atom. The number of nitrogens with one attached hydrogen (secondary N) is 2. The minimum Gasteiger partial charge on any atom is -0.444 e. The SMILES string of the molecule is CC(C)(C)OC(=O)Nc1ccc(F)cc1NC(=O)C1CC1c1ccc(F)cc1. The molecule has 1 saturated carbocycles. The molecule has 0 bridgehead atoms. The summed E-state index contributed by atoms with van der Waals surface area (Å²) >= 11 is 0. The van der Waals surface area contributed by atoms with Crippen LogP contribution in [0.3, 0.4) is 0 Å². The summed E-state index contributed by atoms with van der Waals surface area (Å²) in [7, 11) is 0. The summed E-state index contributed by atoms with van der Waals surface area (Å²) < 4.78 is 31.9. The highest BCUT2D eigenvalue weighted by Gasteiger charge is 2.44. The fourth-order valence-electron chi connectivity index (χ4n) is 2.93. The van der Waals surface area contributed by atoms with Crippen LogP contribution in [0.2, 0.25) is 0 Å². The number of benzene rings is 2. The Labute approximate surface area is 162 Å². The third kappa shape index (κ3) is 5.06. The van der Waals surface area contributed by atoms with Crippen molar-refractivity contribution >= 4 is 23.4 Å². The molecule has 2 aromatic carbocycles. The van der Waals surface area contributed by atoms with Gasteiger partial charge >= 0.3 is 6.09 Å². The molecule has 3 rings (SSSR count). The number of halogens is 2. The summed E-state index contributed by atoms with van der Waals surface area (Å²) in [4.78, 5) is 24.5. The third-order valence-electron chi connectivity index (χ3n) is 4.30. The van der Waals surface area contributed by atoms with Crippen molar-refractivity contribution in [1.29, 1.82) is 0 Å². The molecule has 7 heteroatoms. The average Bonchev–Trinajstić information content (AvgIpc) is 3.37. The van der Waals surface area contributed by atoms with E-state index in [1.807, 2.05) is 0 Å². The van der Waals surface area contributed by atoms with Crippen LogP contribution in [0.4, 0.5) is 25.0 Å². The minimum atomic E-state index is -0.704. The topological polar surface area (TPSA) is 67.4 Å². The molecular formula is C21H22F2N2O3. The molecule has 28 heavy (non-hydrogen) atoms. The highest BCUT2D eigenvalue weighted by Crippen LogP contribution is 2.48. The van der Waals surface area contributed by atoms with Gasteiger partial charge in [0.2, 0.25) is 5.91 Å². The van der Waals surface area contributed by atoms with Crippen LogP contribution in [-0.4, -0.2) is 17.6 Å². The highest BCUT2D eigenvalue weighted by atomic mass is 19.1. The van der Waals surface area contributed by atoms with E-state index in [4.69, 9.17) is 4.74 Å². The quantitative estimate of drug-likeness (QED) is 0.770. The van der Waals surface area contributed by atoms with E-state index in [-0.39, 0.29) is 34.9 Å². The maximum Gasteiger partial charge on any atom is 0.412 e. The molecule has 2 unspecified atom stereocenters. The van der Waals surface area contributed by atoms with Crippen molar-refractivity contribution in [2.75, 3.05) is 10.6 Å². The van der Waals surface area contributed by atoms with E-state index in [2.05, 4.69) is 10.6 Å². The second-order valence-corrected chi connectivity index (χ2v) is 7.81. The van der Waals surface area contributed by atoms with Crippen molar-refractivity contribution < 1.29 is 23.1 Å². The number of hydrogen-bond donors (Lipinski definition) is 2. The number of ether oxygens (including phenoxy) is 1. The number of carbonyl (C=O) groups is 2. The van der Waals surface area contributed by atoms with Crippen molar-refractivity contribution in [3.05, 3.63) is 59.7 Å². The molecule has 0 aromatic heterocycles. The van der Waals surface area contributed by atoms with Gasteiger partial charge in [-0.05, 0) is 69.0 Å². The predicted octanol–water partition coefficient (Wildman–Crippen LogP) is 5.05. The van der Waals surface area contributed by atoms with Gasteiger partial charge in [-0.2, -0.15) is 0 Å². The van der Waals surface area contributed by atoms with Gasteiger partial charge in [-0.3, -0.25) is 10.1 Å². The number of hydrogen-bond acceptors (Lipinski definition) is 3. The van der Waals surface area contributed by atoms with E-state index < -0.39 is 17.5 Å². The second kappa shape index (κ2) is 7.58. The molecule has 0 saturated heterocycles. The maximum atomic E-state index is 13.7. The van der Waals surface area contributed by atoms with Crippen LogP contribution in [0.15, 0.2) is 42.5 Å². The van der Waals surface area contributed by atoms with E-state index in [0.29, 0.717) is 6.42 Å². The Morgan fingerprint density at radius 2 is 1.61 bits per heavy atom. The normalized spacial score (nSPS) is 18.3. The largest absolute Gasteiger partial charge is 0.444 e. The lowest BCUT2D eigenvalue weighted by atomic mass is 10.1. The number of anilines is 2. The van der Waals surface area contributed by atoms with Gasteiger partial charge in [0.05, 0.1) is 11.4 Å². The number of amides is 2. The van der Waals surface area contributed by atoms with Gasteiger partial charge in [0, 0.05) is 5.92 Å². The standard InChI is InChI=1S/C21H22F2N2O3/c1-21(2,3)28-20(27)25-17-9-8-14(23)10-18(17)24-19(26)16-11-15(16)12-4-6-13(22)7-5-12/h4-10,15-16H,11H2,1-3H3,(H,24,26)(H,25,27). The molecule has 1 fully saturated rings. The predicted molar refractivity (Wildman–Crippen MR) is 102 cm³/mol. The van der Waals surface area contributed by atoms with Crippen molar-refractivity contribution in [1.82, 2.24) is 0 Å². The van der Waals surface area contributed by atoms with Gasteiger partial charge in [-0.1, -0.05) is 12.1 Å². The first-order chi connectivity index (χ1) is 13.1. The molecule has 0 aliphatic heterocycles. The monoisotopic (exact) mass is 388 g/mol. The van der Waals surface area contributed by atoms with Crippen molar-refractivity contribution in [2.45, 2.75) is 38.7 Å². The van der Waals surface area contributed by atoms with E-state index >= 15 is 0 Å². The summed E-state index contributed by atoms with van der Waals surface area (Å²) in [5.74, 6) is -1.45. The average molecular weight is 388 g/mol. The van der Waals surface area contributed by atoms with Crippen molar-refractivity contribution in [2.24, 2.45) is 5.92 Å². The highest BCUT2D eigenvalue weighted by molar-refractivity contribution is 6.00. The third-order valence-corrected chi connectivity index (χ3v) is 4.30. The minimum absolute atomic E-state index is 0.00331. The van der Waals surface area contributed by atoms with Crippen molar-refractivity contribution in [3.63, 3.8) is 0 Å². The van der Waals surface area contributed by atoms with Crippen LogP contribution in [0.25, 0.3) is 0 Å². The fraction of sp³-hybridized carbons (Fsp3) is 0.333. The summed E-state index contributed by atoms with van der Waals surface area (Å²) in [6.07, 6.45) is -0.0769. The van der Waals surface area contributed by atoms with E-state index in [1.165, 1.54) is 24.3 Å². The first-order valence-corrected chi connectivity index (χ1v) is 8.98. The first kappa shape index (κ1) is 19.8. The Morgan fingerprint density at radius 1 is 0.964 bits per heavy atom. The summed E-state index contributed by atoms with van der Waals surface area (Å²) in [6, 6.07) is 9.71. The molecule has 148 valence electrons. The molecule has 1 aliphatic carbocycles. The van der Waals surface area contributed by atoms with Crippen LogP contribution >= 0.6 is 0 Å². The van der Waals surface area contributed by atoms with Gasteiger partial charge in [0.1, 0.15) is 17.2 Å². The molecule has 1 aliphatic rings. The summed E-state index contributed by atoms with van der Waals surface area (Å²) in [6.45, 7) is 5.17. The lowest BCUT2D eigenvalue weighted by Gasteiger charge is -2.20. The summed E-state index contributed by atoms with van der Waals surface area (Å²) in [5.41, 5.74) is 0.584. The van der Waals surface area contributed by atoms with Gasteiger partial charge in [-0.25, -0.2) is 13.6 Å². The van der Waals surface area contributed by atoms with Crippen LogP contribution in [0, 0.1) is 17.6 Å². The maximum absolute atomic E-state index is 13.7. The Bertz CT molecular complexity index is 892. The van der Waals surface area contributed by atoms with E-state index in [1.54, 1.807) is 32.9 Å². The molecule has 5 nitrogen and oxygen atoms in total. The van der Waals surface area contributed by atoms with Gasteiger partial charge < -0.3 is 10.1 Å². The second-order valence-electron chi connectivity index (χ2n) is 7.81. The molecule has 2 atom stereocenters. The Kier molecular flexibility index (Phi) is 5.36. The van der Waals surface area contributed by atoms with Crippen LogP contribution < -0.4 is 10.6 Å². The van der Waals surface area contributed by atoms with Crippen LogP contribution in [-0.2, 0) is 9.53 Å². The lowest BCUT2D eigenvalue weighted by Crippen LogP contribution is -2.27. The summed E-state index contributed by atoms with van der Waals surface area (Å²) in [5, 5.41) is 5.19. The zero-order valence-electron chi connectivity index (χ0n) is 15.9. The molecule has 2 N–H and O–H groups in total. The Hall–Kier alpha value is -2.96. The first-order valence-electron chi connectivity index (χ1n) is 8.98. The van der Waals surface area contributed by atoms with E-state index in [0.717, 1.165) is 11.6 Å². The molecular weight excluding hydrogens is 366 g/mol. The van der Waals surface area contributed by atoms with Crippen LogP contribution in [0.1, 0.15) is 38.7 Å².